The van der Waals surface area contributed by atoms with Crippen LogP contribution in [0, 0.1) is 10.1 Å². The molecular formula is C13H11N5O6. The van der Waals surface area contributed by atoms with Gasteiger partial charge in [0.25, 0.3) is 5.56 Å². The van der Waals surface area contributed by atoms with Crippen molar-refractivity contribution in [1.29, 1.82) is 0 Å². The Kier molecular flexibility index (Phi) is 3.14. The van der Waals surface area contributed by atoms with Crippen LogP contribution in [0.25, 0.3) is 22.6 Å². The molecule has 0 bridgehead atoms. The Balaban J connectivity index is 2.35. The summed E-state index contributed by atoms with van der Waals surface area (Å²) in [5.41, 5.74) is -1.73. The van der Waals surface area contributed by atoms with Gasteiger partial charge in [-0.15, -0.1) is 0 Å². The molecule has 0 atom stereocenters. The van der Waals surface area contributed by atoms with Crippen molar-refractivity contribution in [3.05, 3.63) is 43.1 Å². The Morgan fingerprint density at radius 2 is 1.88 bits per heavy atom. The molecule has 0 fully saturated rings. The van der Waals surface area contributed by atoms with E-state index in [4.69, 9.17) is 0 Å². The first-order valence-electron chi connectivity index (χ1n) is 6.58. The van der Waals surface area contributed by atoms with Crippen molar-refractivity contribution in [2.75, 3.05) is 0 Å². The quantitative estimate of drug-likeness (QED) is 0.337. The number of aryl methyl sites for hydroxylation is 1. The fourth-order valence-electron chi connectivity index (χ4n) is 2.34. The third-order valence-corrected chi connectivity index (χ3v) is 3.63. The first-order chi connectivity index (χ1) is 11.2. The lowest BCUT2D eigenvalue weighted by Gasteiger charge is -2.02. The molecule has 0 saturated heterocycles. The highest BCUT2D eigenvalue weighted by Gasteiger charge is 2.22. The highest BCUT2D eigenvalue weighted by molar-refractivity contribution is 5.77. The number of rotatable bonds is 2. The lowest BCUT2D eigenvalue weighted by molar-refractivity contribution is -0.385. The first-order valence-corrected chi connectivity index (χ1v) is 6.58. The van der Waals surface area contributed by atoms with Gasteiger partial charge in [-0.05, 0) is 6.07 Å². The summed E-state index contributed by atoms with van der Waals surface area (Å²) < 4.78 is 2.03. The molecule has 1 aromatic carbocycles. The number of aromatic amines is 1. The Hall–Kier alpha value is -3.63. The maximum atomic E-state index is 12.1. The zero-order chi connectivity index (χ0) is 17.8. The van der Waals surface area contributed by atoms with E-state index in [0.29, 0.717) is 0 Å². The van der Waals surface area contributed by atoms with E-state index in [-0.39, 0.29) is 22.6 Å². The fourth-order valence-corrected chi connectivity index (χ4v) is 2.34. The summed E-state index contributed by atoms with van der Waals surface area (Å²) in [6.07, 6.45) is 0. The predicted octanol–water partition coefficient (Wildman–Crippen LogP) is -0.0533. The molecule has 3 rings (SSSR count). The molecule has 3 N–H and O–H groups in total. The van der Waals surface area contributed by atoms with Gasteiger partial charge in [0, 0.05) is 25.7 Å². The van der Waals surface area contributed by atoms with Crippen molar-refractivity contribution in [1.82, 2.24) is 19.1 Å². The summed E-state index contributed by atoms with van der Waals surface area (Å²) in [4.78, 5) is 40.9. The van der Waals surface area contributed by atoms with Gasteiger partial charge in [0.15, 0.2) is 11.4 Å². The molecule has 2 aromatic heterocycles. The summed E-state index contributed by atoms with van der Waals surface area (Å²) in [5, 5.41) is 30.1. The van der Waals surface area contributed by atoms with Gasteiger partial charge >= 0.3 is 11.4 Å². The van der Waals surface area contributed by atoms with Crippen LogP contribution in [0.4, 0.5) is 5.69 Å². The predicted molar refractivity (Wildman–Crippen MR) is 82.0 cm³/mol. The minimum absolute atomic E-state index is 0.0294. The molecule has 0 unspecified atom stereocenters. The van der Waals surface area contributed by atoms with Gasteiger partial charge in [-0.1, -0.05) is 0 Å². The topological polar surface area (TPSA) is 156 Å². The number of nitrogens with zero attached hydrogens (tertiary/aromatic N) is 4. The van der Waals surface area contributed by atoms with Crippen molar-refractivity contribution in [2.24, 2.45) is 14.1 Å². The third-order valence-electron chi connectivity index (χ3n) is 3.63. The Bertz CT molecular complexity index is 1120. The second-order valence-corrected chi connectivity index (χ2v) is 5.11. The van der Waals surface area contributed by atoms with Crippen molar-refractivity contribution in [3.63, 3.8) is 0 Å². The number of hydrogen-bond donors (Lipinski definition) is 3. The molecule has 3 aromatic rings. The van der Waals surface area contributed by atoms with E-state index in [1.165, 1.54) is 14.1 Å². The van der Waals surface area contributed by atoms with E-state index in [2.05, 4.69) is 9.97 Å². The second-order valence-electron chi connectivity index (χ2n) is 5.11. The number of phenols is 2. The summed E-state index contributed by atoms with van der Waals surface area (Å²) in [6.45, 7) is 0. The SMILES string of the molecule is Cn1c(=O)c2[nH]c(-c3cc(O)c(O)c([N+](=O)[O-])c3)nc2n(C)c1=O. The van der Waals surface area contributed by atoms with E-state index in [1.54, 1.807) is 0 Å². The molecule has 0 aliphatic rings. The van der Waals surface area contributed by atoms with Gasteiger partial charge in [0.05, 0.1) is 4.92 Å². The smallest absolute Gasteiger partial charge is 0.332 e. The number of H-pyrrole nitrogens is 1. The van der Waals surface area contributed by atoms with Crippen LogP contribution in [-0.2, 0) is 14.1 Å². The molecule has 0 radical (unpaired) electrons. The van der Waals surface area contributed by atoms with Gasteiger partial charge in [-0.3, -0.25) is 24.0 Å². The number of imidazole rings is 1. The standard InChI is InChI=1S/C13H11N5O6/c1-16-11-8(12(21)17(2)13(16)22)14-10(15-11)5-3-6(18(23)24)9(20)7(19)4-5/h3-4,19-20H,1-2H3,(H,14,15). The molecule has 0 aliphatic heterocycles. The lowest BCUT2D eigenvalue weighted by atomic mass is 10.1. The van der Waals surface area contributed by atoms with Crippen LogP contribution >= 0.6 is 0 Å². The number of aromatic nitrogens is 4. The largest absolute Gasteiger partial charge is 0.504 e. The van der Waals surface area contributed by atoms with Gasteiger partial charge in [-0.25, -0.2) is 9.78 Å². The zero-order valence-electron chi connectivity index (χ0n) is 12.5. The number of hydrogen-bond acceptors (Lipinski definition) is 7. The van der Waals surface area contributed by atoms with Gasteiger partial charge < -0.3 is 15.2 Å². The average Bonchev–Trinajstić information content (AvgIpc) is 2.98. The van der Waals surface area contributed by atoms with Crippen LogP contribution < -0.4 is 11.2 Å². The third kappa shape index (κ3) is 2.02. The van der Waals surface area contributed by atoms with Crippen LogP contribution in [0.15, 0.2) is 21.7 Å². The number of nitrogens with one attached hydrogen (secondary N) is 1. The fraction of sp³-hybridized carbons (Fsp3) is 0.154. The van der Waals surface area contributed by atoms with Gasteiger partial charge in [-0.2, -0.15) is 0 Å². The number of nitro groups is 1. The van der Waals surface area contributed by atoms with E-state index in [1.807, 2.05) is 0 Å². The first kappa shape index (κ1) is 15.3. The molecule has 24 heavy (non-hydrogen) atoms. The molecule has 0 saturated carbocycles. The number of phenolic OH excluding ortho intramolecular Hbond substituents is 2. The van der Waals surface area contributed by atoms with Gasteiger partial charge in [0.2, 0.25) is 5.75 Å². The minimum atomic E-state index is -0.872. The molecule has 0 spiro atoms. The number of aromatic hydroxyl groups is 2. The van der Waals surface area contributed by atoms with Crippen molar-refractivity contribution in [2.45, 2.75) is 0 Å². The Morgan fingerprint density at radius 1 is 1.21 bits per heavy atom. The Labute approximate surface area is 132 Å². The lowest BCUT2D eigenvalue weighted by Crippen LogP contribution is -2.36. The zero-order valence-corrected chi connectivity index (χ0v) is 12.5. The molecule has 2 heterocycles. The van der Waals surface area contributed by atoms with E-state index in [0.717, 1.165) is 21.3 Å². The summed E-state index contributed by atoms with van der Waals surface area (Å²) in [5.74, 6) is -1.55. The van der Waals surface area contributed by atoms with Crippen molar-refractivity contribution < 1.29 is 15.1 Å². The monoisotopic (exact) mass is 333 g/mol. The number of fused-ring (bicyclic) bond motifs is 1. The molecule has 0 amide bonds. The minimum Gasteiger partial charge on any atom is -0.504 e. The van der Waals surface area contributed by atoms with Crippen LogP contribution in [0.1, 0.15) is 0 Å². The number of nitro benzene ring substituents is 1. The van der Waals surface area contributed by atoms with Crippen molar-refractivity contribution >= 4 is 16.9 Å². The summed E-state index contributed by atoms with van der Waals surface area (Å²) in [6, 6.07) is 2.05. The molecule has 11 heteroatoms. The Morgan fingerprint density at radius 3 is 2.50 bits per heavy atom. The highest BCUT2D eigenvalue weighted by Crippen LogP contribution is 2.38. The van der Waals surface area contributed by atoms with E-state index < -0.39 is 33.4 Å². The molecule has 0 aliphatic carbocycles. The van der Waals surface area contributed by atoms with Crippen LogP contribution in [-0.4, -0.2) is 34.2 Å². The highest BCUT2D eigenvalue weighted by atomic mass is 16.6. The van der Waals surface area contributed by atoms with E-state index >= 15 is 0 Å². The summed E-state index contributed by atoms with van der Waals surface area (Å²) >= 11 is 0. The molecule has 124 valence electrons. The second kappa shape index (κ2) is 4.94. The summed E-state index contributed by atoms with van der Waals surface area (Å²) in [7, 11) is 2.73. The van der Waals surface area contributed by atoms with Gasteiger partial charge in [0.1, 0.15) is 11.3 Å². The number of benzene rings is 1. The van der Waals surface area contributed by atoms with Crippen molar-refractivity contribution in [3.8, 4) is 22.9 Å². The maximum Gasteiger partial charge on any atom is 0.332 e. The molecular weight excluding hydrogens is 322 g/mol. The average molecular weight is 333 g/mol. The normalized spacial score (nSPS) is 11.1. The van der Waals surface area contributed by atoms with Crippen LogP contribution in [0.2, 0.25) is 0 Å². The van der Waals surface area contributed by atoms with E-state index in [9.17, 15) is 29.9 Å². The molecule has 11 nitrogen and oxygen atoms in total. The van der Waals surface area contributed by atoms with Crippen LogP contribution in [0.3, 0.4) is 0 Å². The van der Waals surface area contributed by atoms with Crippen LogP contribution in [0.5, 0.6) is 11.5 Å². The maximum absolute atomic E-state index is 12.1.